The molecule has 4 heteroatoms. The van der Waals surface area contributed by atoms with Gasteiger partial charge in [-0.05, 0) is 12.5 Å². The topological polar surface area (TPSA) is 69.4 Å². The second-order valence-electron chi connectivity index (χ2n) is 2.89. The third-order valence-corrected chi connectivity index (χ3v) is 1.50. The van der Waals surface area contributed by atoms with Crippen LogP contribution in [0.4, 0.5) is 4.79 Å². The molecule has 0 heterocycles. The van der Waals surface area contributed by atoms with E-state index in [0.717, 1.165) is 5.56 Å². The lowest BCUT2D eigenvalue weighted by Crippen LogP contribution is -2.08. The molecule has 1 rings (SSSR count). The van der Waals surface area contributed by atoms with Gasteiger partial charge in [0.05, 0.1) is 7.11 Å². The standard InChI is InChI=1S/C9H10O.C2H5NO2/c1-8(10)7-9-5-3-2-4-6-9;1-5-2(3)4/h2-6H,7H2,1H3;1H3,(H2,3,4). The molecule has 82 valence electrons. The lowest BCUT2D eigenvalue weighted by molar-refractivity contribution is -0.116. The second-order valence-corrected chi connectivity index (χ2v) is 2.89. The zero-order chi connectivity index (χ0) is 11.7. The number of hydrogen-bond acceptors (Lipinski definition) is 3. The largest absolute Gasteiger partial charge is 0.453 e. The SMILES string of the molecule is CC(=O)Cc1ccccc1.COC(N)=O. The summed E-state index contributed by atoms with van der Waals surface area (Å²) in [6.07, 6.45) is -0.189. The Kier molecular flexibility index (Phi) is 6.63. The van der Waals surface area contributed by atoms with Gasteiger partial charge in [0, 0.05) is 6.42 Å². The first kappa shape index (κ1) is 13.2. The van der Waals surface area contributed by atoms with Gasteiger partial charge >= 0.3 is 6.09 Å². The number of rotatable bonds is 2. The Bertz CT molecular complexity index is 309. The highest BCUT2D eigenvalue weighted by Crippen LogP contribution is 1.98. The molecule has 0 aliphatic carbocycles. The lowest BCUT2D eigenvalue weighted by Gasteiger charge is -1.93. The fraction of sp³-hybridized carbons (Fsp3) is 0.273. The summed E-state index contributed by atoms with van der Waals surface area (Å²) < 4.78 is 3.89. The van der Waals surface area contributed by atoms with E-state index in [0.29, 0.717) is 6.42 Å². The van der Waals surface area contributed by atoms with Crippen LogP contribution in [0.1, 0.15) is 12.5 Å². The molecule has 0 bridgehead atoms. The molecule has 0 spiro atoms. The molecule has 1 amide bonds. The number of carbonyl (C=O) groups excluding carboxylic acids is 2. The van der Waals surface area contributed by atoms with Crippen molar-refractivity contribution in [3.05, 3.63) is 35.9 Å². The average Bonchev–Trinajstić information content (AvgIpc) is 2.19. The van der Waals surface area contributed by atoms with Gasteiger partial charge in [0.25, 0.3) is 0 Å². The first-order valence-corrected chi connectivity index (χ1v) is 4.43. The van der Waals surface area contributed by atoms with E-state index in [1.165, 1.54) is 7.11 Å². The number of hydrogen-bond donors (Lipinski definition) is 1. The first-order chi connectivity index (χ1) is 7.06. The summed E-state index contributed by atoms with van der Waals surface area (Å²) in [5.41, 5.74) is 5.52. The van der Waals surface area contributed by atoms with Crippen LogP contribution in [0.3, 0.4) is 0 Å². The lowest BCUT2D eigenvalue weighted by atomic mass is 10.1. The van der Waals surface area contributed by atoms with Gasteiger partial charge in [0.15, 0.2) is 0 Å². The van der Waals surface area contributed by atoms with E-state index in [2.05, 4.69) is 10.5 Å². The second kappa shape index (κ2) is 7.55. The van der Waals surface area contributed by atoms with Crippen molar-refractivity contribution in [2.75, 3.05) is 7.11 Å². The van der Waals surface area contributed by atoms with Gasteiger partial charge in [-0.15, -0.1) is 0 Å². The predicted octanol–water partition coefficient (Wildman–Crippen LogP) is 1.53. The zero-order valence-electron chi connectivity index (χ0n) is 8.90. The first-order valence-electron chi connectivity index (χ1n) is 4.43. The number of ketones is 1. The number of amides is 1. The molecule has 0 aromatic heterocycles. The van der Waals surface area contributed by atoms with E-state index in [4.69, 9.17) is 0 Å². The number of ether oxygens (including phenoxy) is 1. The molecule has 1 aromatic carbocycles. The minimum absolute atomic E-state index is 0.214. The van der Waals surface area contributed by atoms with Crippen LogP contribution in [0, 0.1) is 0 Å². The van der Waals surface area contributed by atoms with Crippen molar-refractivity contribution in [3.8, 4) is 0 Å². The molecule has 0 saturated heterocycles. The van der Waals surface area contributed by atoms with Crippen molar-refractivity contribution in [1.82, 2.24) is 0 Å². The summed E-state index contributed by atoms with van der Waals surface area (Å²) in [4.78, 5) is 20.0. The van der Waals surface area contributed by atoms with Gasteiger partial charge in [-0.3, -0.25) is 4.79 Å². The van der Waals surface area contributed by atoms with Gasteiger partial charge in [0.1, 0.15) is 5.78 Å². The van der Waals surface area contributed by atoms with Crippen LogP contribution in [-0.4, -0.2) is 19.0 Å². The summed E-state index contributed by atoms with van der Waals surface area (Å²) >= 11 is 0. The van der Waals surface area contributed by atoms with Gasteiger partial charge in [-0.2, -0.15) is 0 Å². The fourth-order valence-electron chi connectivity index (χ4n) is 0.883. The molecular formula is C11H15NO3. The molecule has 0 atom stereocenters. The van der Waals surface area contributed by atoms with Crippen molar-refractivity contribution in [3.63, 3.8) is 0 Å². The van der Waals surface area contributed by atoms with Gasteiger partial charge in [0.2, 0.25) is 0 Å². The van der Waals surface area contributed by atoms with E-state index >= 15 is 0 Å². The molecular weight excluding hydrogens is 194 g/mol. The van der Waals surface area contributed by atoms with Crippen molar-refractivity contribution >= 4 is 11.9 Å². The maximum atomic E-state index is 10.6. The Morgan fingerprint density at radius 1 is 1.27 bits per heavy atom. The highest BCUT2D eigenvalue weighted by Gasteiger charge is 1.93. The molecule has 1 aromatic rings. The normalized spacial score (nSPS) is 8.40. The maximum absolute atomic E-state index is 10.6. The molecule has 0 radical (unpaired) electrons. The van der Waals surface area contributed by atoms with Crippen molar-refractivity contribution < 1.29 is 14.3 Å². The van der Waals surface area contributed by atoms with Crippen molar-refractivity contribution in [1.29, 1.82) is 0 Å². The minimum Gasteiger partial charge on any atom is -0.453 e. The smallest absolute Gasteiger partial charge is 0.404 e. The van der Waals surface area contributed by atoms with Gasteiger partial charge in [-0.1, -0.05) is 30.3 Å². The number of benzene rings is 1. The summed E-state index contributed by atoms with van der Waals surface area (Å²) in [6.45, 7) is 1.60. The third kappa shape index (κ3) is 8.49. The van der Waals surface area contributed by atoms with Crippen LogP contribution in [0.15, 0.2) is 30.3 Å². The number of nitrogens with two attached hydrogens (primary N) is 1. The van der Waals surface area contributed by atoms with Gasteiger partial charge in [-0.25, -0.2) is 4.79 Å². The Morgan fingerprint density at radius 3 is 2.07 bits per heavy atom. The highest BCUT2D eigenvalue weighted by molar-refractivity contribution is 5.78. The molecule has 0 saturated carbocycles. The minimum atomic E-state index is -0.745. The molecule has 0 unspecified atom stereocenters. The van der Waals surface area contributed by atoms with Crippen LogP contribution < -0.4 is 5.73 Å². The molecule has 0 aliphatic heterocycles. The average molecular weight is 209 g/mol. The fourth-order valence-corrected chi connectivity index (χ4v) is 0.883. The molecule has 4 nitrogen and oxygen atoms in total. The van der Waals surface area contributed by atoms with Crippen molar-refractivity contribution in [2.24, 2.45) is 5.73 Å². The summed E-state index contributed by atoms with van der Waals surface area (Å²) in [6, 6.07) is 9.75. The number of carbonyl (C=O) groups is 2. The quantitative estimate of drug-likeness (QED) is 0.803. The van der Waals surface area contributed by atoms with E-state index in [1.54, 1.807) is 6.92 Å². The van der Waals surface area contributed by atoms with Crippen LogP contribution in [0.5, 0.6) is 0 Å². The Hall–Kier alpha value is -1.84. The molecule has 0 aliphatic rings. The summed E-state index contributed by atoms with van der Waals surface area (Å²) in [7, 11) is 1.22. The van der Waals surface area contributed by atoms with E-state index < -0.39 is 6.09 Å². The number of methoxy groups -OCH3 is 1. The maximum Gasteiger partial charge on any atom is 0.404 e. The van der Waals surface area contributed by atoms with Crippen LogP contribution in [0.2, 0.25) is 0 Å². The van der Waals surface area contributed by atoms with Crippen molar-refractivity contribution in [2.45, 2.75) is 13.3 Å². The zero-order valence-corrected chi connectivity index (χ0v) is 8.90. The predicted molar refractivity (Wildman–Crippen MR) is 57.4 cm³/mol. The number of primary amides is 1. The van der Waals surface area contributed by atoms with Gasteiger partial charge < -0.3 is 10.5 Å². The third-order valence-electron chi connectivity index (χ3n) is 1.50. The van der Waals surface area contributed by atoms with E-state index in [-0.39, 0.29) is 5.78 Å². The van der Waals surface area contributed by atoms with Crippen LogP contribution >= 0.6 is 0 Å². The Balaban J connectivity index is 0.000000336. The molecule has 0 fully saturated rings. The molecule has 15 heavy (non-hydrogen) atoms. The highest BCUT2D eigenvalue weighted by atomic mass is 16.5. The summed E-state index contributed by atoms with van der Waals surface area (Å²) in [5, 5.41) is 0. The molecule has 2 N–H and O–H groups in total. The van der Waals surface area contributed by atoms with E-state index in [9.17, 15) is 9.59 Å². The number of Topliss-reactive ketones (excluding diaryl/α,β-unsaturated/α-hetero) is 1. The van der Waals surface area contributed by atoms with Crippen LogP contribution in [0.25, 0.3) is 0 Å². The monoisotopic (exact) mass is 209 g/mol. The van der Waals surface area contributed by atoms with Crippen LogP contribution in [-0.2, 0) is 16.0 Å². The van der Waals surface area contributed by atoms with E-state index in [1.807, 2.05) is 30.3 Å². The Labute approximate surface area is 89.0 Å². The summed E-state index contributed by atoms with van der Waals surface area (Å²) in [5.74, 6) is 0.214. The Morgan fingerprint density at radius 2 is 1.73 bits per heavy atom.